The van der Waals surface area contributed by atoms with Crippen LogP contribution < -0.4 is 5.73 Å². The molecule has 0 saturated heterocycles. The lowest BCUT2D eigenvalue weighted by Crippen LogP contribution is -2.33. The molecule has 0 aromatic rings. The van der Waals surface area contributed by atoms with E-state index >= 15 is 0 Å². The van der Waals surface area contributed by atoms with E-state index in [9.17, 15) is 4.79 Å². The van der Waals surface area contributed by atoms with Gasteiger partial charge < -0.3 is 15.9 Å². The van der Waals surface area contributed by atoms with Gasteiger partial charge in [-0.2, -0.15) is 9.90 Å². The highest BCUT2D eigenvalue weighted by molar-refractivity contribution is 6.92. The fourth-order valence-corrected chi connectivity index (χ4v) is 0.0781. The molecule has 0 amide bonds. The van der Waals surface area contributed by atoms with Crippen LogP contribution in [0.2, 0.25) is 0 Å². The van der Waals surface area contributed by atoms with Crippen molar-refractivity contribution in [3.05, 3.63) is 0 Å². The van der Waals surface area contributed by atoms with E-state index in [4.69, 9.17) is 15.9 Å². The molecule has 0 rings (SSSR count). The molecule has 0 bridgehead atoms. The normalized spacial score (nSPS) is 11.8. The van der Waals surface area contributed by atoms with E-state index in [0.717, 1.165) is 0 Å². The van der Waals surface area contributed by atoms with Crippen LogP contribution in [-0.2, 0) is 4.79 Å². The topological polar surface area (TPSA) is 83.5 Å². The minimum atomic E-state index is -1.18. The fourth-order valence-electron chi connectivity index (χ4n) is 0.0781. The largest absolute Gasteiger partial charge is 0.480 e. The zero-order chi connectivity index (χ0) is 5.86. The maximum absolute atomic E-state index is 9.65. The number of carboxylic acids is 1. The molecule has 0 heterocycles. The number of aliphatic hydroxyl groups is 1. The van der Waals surface area contributed by atoms with Gasteiger partial charge in [-0.15, -0.1) is 0 Å². The van der Waals surface area contributed by atoms with Crippen LogP contribution in [0.3, 0.4) is 0 Å². The Labute approximate surface area is 50.3 Å². The molecule has 5 heteroatoms. The molecule has 0 radical (unpaired) electrons. The van der Waals surface area contributed by atoms with Crippen LogP contribution in [0.5, 0.6) is 0 Å². The Balaban J connectivity index is 0. The van der Waals surface area contributed by atoms with Crippen molar-refractivity contribution >= 4 is 15.9 Å². The van der Waals surface area contributed by atoms with Crippen LogP contribution in [0.4, 0.5) is 0 Å². The smallest absolute Gasteiger partial charge is 0.322 e. The number of hydrogen-bond acceptors (Lipinski definition) is 3. The molecule has 0 aromatic heterocycles. The number of aliphatic hydroxyl groups excluding tert-OH is 1. The van der Waals surface area contributed by atoms with Gasteiger partial charge in [0.2, 0.25) is 0 Å². The number of carboxylic acid groups (broad SMARTS) is 1. The SMILES string of the molecule is N[C@H](CO)C(=O)O.P. The highest BCUT2D eigenvalue weighted by Crippen LogP contribution is 1.71. The monoisotopic (exact) mass is 139 g/mol. The average molecular weight is 139 g/mol. The van der Waals surface area contributed by atoms with Gasteiger partial charge in [-0.25, -0.2) is 0 Å². The van der Waals surface area contributed by atoms with Crippen molar-refractivity contribution in [3.63, 3.8) is 0 Å². The van der Waals surface area contributed by atoms with Gasteiger partial charge in [0.15, 0.2) is 0 Å². The summed E-state index contributed by atoms with van der Waals surface area (Å²) in [6.07, 6.45) is 0. The minimum absolute atomic E-state index is 0. The van der Waals surface area contributed by atoms with Crippen LogP contribution in [0, 0.1) is 0 Å². The second kappa shape index (κ2) is 4.97. The Morgan fingerprint density at radius 3 is 2.12 bits per heavy atom. The number of carbonyl (C=O) groups is 1. The summed E-state index contributed by atoms with van der Waals surface area (Å²) in [5.74, 6) is -1.18. The first-order chi connectivity index (χ1) is 3.18. The highest BCUT2D eigenvalue weighted by Gasteiger charge is 2.06. The second-order valence-corrected chi connectivity index (χ2v) is 1.13. The van der Waals surface area contributed by atoms with E-state index in [1.807, 2.05) is 0 Å². The van der Waals surface area contributed by atoms with Crippen molar-refractivity contribution < 1.29 is 15.0 Å². The first-order valence-electron chi connectivity index (χ1n) is 1.77. The molecule has 50 valence electrons. The second-order valence-electron chi connectivity index (χ2n) is 1.13. The first kappa shape index (κ1) is 10.7. The third kappa shape index (κ3) is 3.99. The van der Waals surface area contributed by atoms with Gasteiger partial charge >= 0.3 is 5.97 Å². The molecule has 0 aliphatic rings. The first-order valence-corrected chi connectivity index (χ1v) is 1.77. The maximum atomic E-state index is 9.65. The van der Waals surface area contributed by atoms with Crippen molar-refractivity contribution in [2.45, 2.75) is 6.04 Å². The summed E-state index contributed by atoms with van der Waals surface area (Å²) in [7, 11) is 0. The van der Waals surface area contributed by atoms with Crippen molar-refractivity contribution in [2.75, 3.05) is 6.61 Å². The molecule has 0 aromatic carbocycles. The molecular weight excluding hydrogens is 129 g/mol. The Bertz CT molecular complexity index is 76.9. The predicted octanol–water partition coefficient (Wildman–Crippen LogP) is -1.55. The molecule has 0 saturated carbocycles. The Kier molecular flexibility index (Phi) is 6.67. The van der Waals surface area contributed by atoms with Gasteiger partial charge in [0, 0.05) is 0 Å². The maximum Gasteiger partial charge on any atom is 0.322 e. The van der Waals surface area contributed by atoms with Crippen LogP contribution >= 0.6 is 9.90 Å². The number of nitrogens with two attached hydrogens (primary N) is 1. The fraction of sp³-hybridized carbons (Fsp3) is 0.667. The van der Waals surface area contributed by atoms with E-state index in [0.29, 0.717) is 0 Å². The van der Waals surface area contributed by atoms with Gasteiger partial charge in [-0.3, -0.25) is 4.79 Å². The molecule has 8 heavy (non-hydrogen) atoms. The summed E-state index contributed by atoms with van der Waals surface area (Å²) >= 11 is 0. The quantitative estimate of drug-likeness (QED) is 0.404. The van der Waals surface area contributed by atoms with Crippen LogP contribution in [0.25, 0.3) is 0 Å². The summed E-state index contributed by atoms with van der Waals surface area (Å²) in [5, 5.41) is 15.9. The molecule has 4 nitrogen and oxygen atoms in total. The van der Waals surface area contributed by atoms with Crippen molar-refractivity contribution in [3.8, 4) is 0 Å². The van der Waals surface area contributed by atoms with Crippen LogP contribution in [0.15, 0.2) is 0 Å². The van der Waals surface area contributed by atoms with Crippen molar-refractivity contribution in [1.82, 2.24) is 0 Å². The van der Waals surface area contributed by atoms with Gasteiger partial charge in [0.1, 0.15) is 6.04 Å². The molecule has 1 unspecified atom stereocenters. The zero-order valence-electron chi connectivity index (χ0n) is 4.37. The molecule has 0 spiro atoms. The third-order valence-electron chi connectivity index (χ3n) is 0.514. The standard InChI is InChI=1S/C3H7NO3.H3P/c4-2(1-5)3(6)7;/h2,5H,1,4H2,(H,6,7);1H3/t2-;/m1./s1. The Morgan fingerprint density at radius 2 is 2.12 bits per heavy atom. The molecule has 0 aliphatic carbocycles. The number of rotatable bonds is 2. The molecule has 4 N–H and O–H groups in total. The van der Waals surface area contributed by atoms with E-state index in [2.05, 4.69) is 0 Å². The van der Waals surface area contributed by atoms with E-state index in [1.54, 1.807) is 0 Å². The Hall–Kier alpha value is -0.180. The highest BCUT2D eigenvalue weighted by atomic mass is 31.0. The average Bonchev–Trinajstić information content (AvgIpc) is 1.65. The van der Waals surface area contributed by atoms with Gasteiger partial charge in [0.05, 0.1) is 6.61 Å². The molecule has 2 atom stereocenters. The van der Waals surface area contributed by atoms with Gasteiger partial charge in [-0.1, -0.05) is 0 Å². The summed E-state index contributed by atoms with van der Waals surface area (Å²) in [5.41, 5.74) is 4.77. The summed E-state index contributed by atoms with van der Waals surface area (Å²) in [4.78, 5) is 9.65. The summed E-state index contributed by atoms with van der Waals surface area (Å²) < 4.78 is 0. The number of hydrogen-bond donors (Lipinski definition) is 3. The van der Waals surface area contributed by atoms with Gasteiger partial charge in [-0.05, 0) is 0 Å². The summed E-state index contributed by atoms with van der Waals surface area (Å²) in [6, 6.07) is -1.13. The lowest BCUT2D eigenvalue weighted by atomic mass is 10.3. The zero-order valence-corrected chi connectivity index (χ0v) is 5.79. The minimum Gasteiger partial charge on any atom is -0.480 e. The van der Waals surface area contributed by atoms with E-state index in [1.165, 1.54) is 0 Å². The third-order valence-corrected chi connectivity index (χ3v) is 0.514. The van der Waals surface area contributed by atoms with E-state index in [-0.39, 0.29) is 9.90 Å². The van der Waals surface area contributed by atoms with Crippen LogP contribution in [0.1, 0.15) is 0 Å². The van der Waals surface area contributed by atoms with Crippen molar-refractivity contribution in [2.24, 2.45) is 5.73 Å². The molecular formula is C3H10NO3P. The lowest BCUT2D eigenvalue weighted by molar-refractivity contribution is -0.139. The van der Waals surface area contributed by atoms with E-state index < -0.39 is 18.6 Å². The molecule has 0 aliphatic heterocycles. The molecule has 0 fully saturated rings. The summed E-state index contributed by atoms with van der Waals surface area (Å²) in [6.45, 7) is -0.505. The predicted molar refractivity (Wildman–Crippen MR) is 33.8 cm³/mol. The van der Waals surface area contributed by atoms with Gasteiger partial charge in [0.25, 0.3) is 0 Å². The van der Waals surface area contributed by atoms with Crippen LogP contribution in [-0.4, -0.2) is 28.8 Å². The Morgan fingerprint density at radius 1 is 1.75 bits per heavy atom. The number of aliphatic carboxylic acids is 1. The lowest BCUT2D eigenvalue weighted by Gasteiger charge is -1.96. The van der Waals surface area contributed by atoms with Crippen molar-refractivity contribution in [1.29, 1.82) is 0 Å².